The average Bonchev–Trinajstić information content (AvgIpc) is 3.37. The Morgan fingerprint density at radius 1 is 0.839 bits per heavy atom. The lowest BCUT2D eigenvalue weighted by molar-refractivity contribution is 0.101. The van der Waals surface area contributed by atoms with E-state index in [-0.39, 0.29) is 5.91 Å². The zero-order valence-electron chi connectivity index (χ0n) is 17.0. The second-order valence-corrected chi connectivity index (χ2v) is 7.18. The van der Waals surface area contributed by atoms with E-state index in [1.54, 1.807) is 22.3 Å². The largest absolute Gasteiger partial charge is 0.321 e. The number of amides is 1. The van der Waals surface area contributed by atoms with Gasteiger partial charge in [0, 0.05) is 23.9 Å². The summed E-state index contributed by atoms with van der Waals surface area (Å²) in [5.41, 5.74) is 5.20. The molecule has 5 aromatic rings. The van der Waals surface area contributed by atoms with Crippen molar-refractivity contribution in [3.05, 3.63) is 84.3 Å². The van der Waals surface area contributed by atoms with Crippen LogP contribution in [0.15, 0.2) is 72.8 Å². The zero-order chi connectivity index (χ0) is 21.4. The van der Waals surface area contributed by atoms with Gasteiger partial charge in [-0.25, -0.2) is 0 Å². The van der Waals surface area contributed by atoms with Crippen LogP contribution in [0.2, 0.25) is 0 Å². The number of aromatic nitrogens is 6. The minimum atomic E-state index is -0.229. The third-order valence-electron chi connectivity index (χ3n) is 5.02. The van der Waals surface area contributed by atoms with E-state index in [1.165, 1.54) is 0 Å². The van der Waals surface area contributed by atoms with Gasteiger partial charge < -0.3 is 5.32 Å². The van der Waals surface area contributed by atoms with Crippen molar-refractivity contribution in [3.63, 3.8) is 0 Å². The van der Waals surface area contributed by atoms with Gasteiger partial charge in [0.15, 0.2) is 11.5 Å². The van der Waals surface area contributed by atoms with E-state index in [4.69, 9.17) is 0 Å². The number of rotatable bonds is 4. The summed E-state index contributed by atoms with van der Waals surface area (Å²) in [7, 11) is 1.76. The van der Waals surface area contributed by atoms with Crippen molar-refractivity contribution in [1.82, 2.24) is 29.6 Å². The number of carbonyl (C=O) groups excluding carboxylic acids is 1. The minimum absolute atomic E-state index is 0.229. The van der Waals surface area contributed by atoms with Crippen molar-refractivity contribution in [2.45, 2.75) is 6.92 Å². The Morgan fingerprint density at radius 2 is 1.65 bits per heavy atom. The first-order chi connectivity index (χ1) is 15.1. The van der Waals surface area contributed by atoms with Crippen molar-refractivity contribution in [1.29, 1.82) is 0 Å². The van der Waals surface area contributed by atoms with Crippen LogP contribution in [-0.2, 0) is 7.05 Å². The Hall–Kier alpha value is -4.33. The first kappa shape index (κ1) is 18.7. The maximum atomic E-state index is 12.9. The quantitative estimate of drug-likeness (QED) is 0.488. The number of benzene rings is 2. The summed E-state index contributed by atoms with van der Waals surface area (Å²) in [4.78, 5) is 12.9. The monoisotopic (exact) mass is 409 g/mol. The molecule has 1 N–H and O–H groups in total. The summed E-state index contributed by atoms with van der Waals surface area (Å²) in [5, 5.41) is 20.1. The molecule has 31 heavy (non-hydrogen) atoms. The fourth-order valence-electron chi connectivity index (χ4n) is 3.43. The van der Waals surface area contributed by atoms with Crippen LogP contribution in [0.4, 0.5) is 5.69 Å². The molecule has 0 spiro atoms. The standard InChI is InChI=1S/C23H19N7O/c1-15-25-26-22-12-11-19(28-30(15)22)17-9-6-10-18(13-17)24-23(31)21-14-20(27-29(21)2)16-7-4-3-5-8-16/h3-14H,1-2H3,(H,24,31). The lowest BCUT2D eigenvalue weighted by Gasteiger charge is -2.08. The van der Waals surface area contributed by atoms with Gasteiger partial charge in [0.05, 0.1) is 11.4 Å². The highest BCUT2D eigenvalue weighted by Crippen LogP contribution is 2.23. The number of nitrogens with zero attached hydrogens (tertiary/aromatic N) is 6. The van der Waals surface area contributed by atoms with E-state index in [0.717, 1.165) is 22.5 Å². The predicted molar refractivity (Wildman–Crippen MR) is 118 cm³/mol. The molecule has 8 heteroatoms. The number of carbonyl (C=O) groups is 1. The molecule has 0 saturated carbocycles. The van der Waals surface area contributed by atoms with Crippen LogP contribution < -0.4 is 5.32 Å². The fraction of sp³-hybridized carbons (Fsp3) is 0.0870. The normalized spacial score (nSPS) is 11.0. The molecule has 0 unspecified atom stereocenters. The summed E-state index contributed by atoms with van der Waals surface area (Å²) in [6.07, 6.45) is 0. The predicted octanol–water partition coefficient (Wildman–Crippen LogP) is 3.75. The molecule has 0 aliphatic carbocycles. The van der Waals surface area contributed by atoms with Crippen molar-refractivity contribution >= 4 is 17.2 Å². The van der Waals surface area contributed by atoms with E-state index in [0.29, 0.717) is 22.9 Å². The molecular weight excluding hydrogens is 390 g/mol. The van der Waals surface area contributed by atoms with E-state index in [1.807, 2.05) is 73.7 Å². The molecule has 0 aliphatic rings. The van der Waals surface area contributed by atoms with E-state index < -0.39 is 0 Å². The number of hydrogen-bond acceptors (Lipinski definition) is 5. The maximum Gasteiger partial charge on any atom is 0.273 e. The summed E-state index contributed by atoms with van der Waals surface area (Å²) in [6, 6.07) is 22.9. The first-order valence-electron chi connectivity index (χ1n) is 9.79. The molecule has 0 atom stereocenters. The van der Waals surface area contributed by atoms with Gasteiger partial charge in [-0.1, -0.05) is 42.5 Å². The highest BCUT2D eigenvalue weighted by Gasteiger charge is 2.15. The second-order valence-electron chi connectivity index (χ2n) is 7.18. The van der Waals surface area contributed by atoms with Crippen molar-refractivity contribution in [2.24, 2.45) is 7.05 Å². The van der Waals surface area contributed by atoms with Gasteiger partial charge in [0.2, 0.25) is 0 Å². The molecule has 5 rings (SSSR count). The fourth-order valence-corrected chi connectivity index (χ4v) is 3.43. The molecule has 0 fully saturated rings. The molecule has 152 valence electrons. The lowest BCUT2D eigenvalue weighted by Crippen LogP contribution is -2.16. The Kier molecular flexibility index (Phi) is 4.51. The Morgan fingerprint density at radius 3 is 2.48 bits per heavy atom. The zero-order valence-corrected chi connectivity index (χ0v) is 17.0. The molecule has 0 aliphatic heterocycles. The molecule has 8 nitrogen and oxygen atoms in total. The molecule has 0 radical (unpaired) electrons. The molecule has 2 aromatic carbocycles. The number of fused-ring (bicyclic) bond motifs is 1. The number of aryl methyl sites for hydroxylation is 2. The highest BCUT2D eigenvalue weighted by atomic mass is 16.2. The lowest BCUT2D eigenvalue weighted by atomic mass is 10.1. The highest BCUT2D eigenvalue weighted by molar-refractivity contribution is 6.04. The first-order valence-corrected chi connectivity index (χ1v) is 9.79. The van der Waals surface area contributed by atoms with Gasteiger partial charge in [0.1, 0.15) is 5.69 Å². The van der Waals surface area contributed by atoms with E-state index >= 15 is 0 Å². The van der Waals surface area contributed by atoms with Crippen LogP contribution in [0.1, 0.15) is 16.3 Å². The van der Waals surface area contributed by atoms with Gasteiger partial charge in [0.25, 0.3) is 5.91 Å². The second kappa shape index (κ2) is 7.49. The SMILES string of the molecule is Cc1nnc2ccc(-c3cccc(NC(=O)c4cc(-c5ccccc5)nn4C)c3)nn12. The van der Waals surface area contributed by atoms with Crippen LogP contribution >= 0.6 is 0 Å². The van der Waals surface area contributed by atoms with Crippen LogP contribution in [0, 0.1) is 6.92 Å². The molecular formula is C23H19N7O. The third kappa shape index (κ3) is 3.55. The molecule has 3 aromatic heterocycles. The number of anilines is 1. The summed E-state index contributed by atoms with van der Waals surface area (Å²) in [5.74, 6) is 0.485. The van der Waals surface area contributed by atoms with Gasteiger partial charge in [-0.15, -0.1) is 10.2 Å². The van der Waals surface area contributed by atoms with Crippen LogP contribution in [0.3, 0.4) is 0 Å². The van der Waals surface area contributed by atoms with Gasteiger partial charge in [-0.3, -0.25) is 9.48 Å². The van der Waals surface area contributed by atoms with Crippen molar-refractivity contribution in [2.75, 3.05) is 5.32 Å². The summed E-state index contributed by atoms with van der Waals surface area (Å²) < 4.78 is 3.28. The third-order valence-corrected chi connectivity index (χ3v) is 5.02. The molecule has 0 bridgehead atoms. The molecule has 0 saturated heterocycles. The van der Waals surface area contributed by atoms with Crippen molar-refractivity contribution in [3.8, 4) is 22.5 Å². The van der Waals surface area contributed by atoms with Gasteiger partial charge in [-0.2, -0.15) is 14.7 Å². The number of hydrogen-bond donors (Lipinski definition) is 1. The van der Waals surface area contributed by atoms with Gasteiger partial charge in [-0.05, 0) is 37.3 Å². The topological polar surface area (TPSA) is 90.0 Å². The average molecular weight is 409 g/mol. The molecule has 1 amide bonds. The van der Waals surface area contributed by atoms with Crippen LogP contribution in [-0.4, -0.2) is 35.5 Å². The Bertz CT molecular complexity index is 1400. The van der Waals surface area contributed by atoms with E-state index in [2.05, 4.69) is 25.7 Å². The minimum Gasteiger partial charge on any atom is -0.321 e. The Balaban J connectivity index is 1.41. The maximum absolute atomic E-state index is 12.9. The van der Waals surface area contributed by atoms with Crippen LogP contribution in [0.5, 0.6) is 0 Å². The summed E-state index contributed by atoms with van der Waals surface area (Å²) >= 11 is 0. The van der Waals surface area contributed by atoms with E-state index in [9.17, 15) is 4.79 Å². The summed E-state index contributed by atoms with van der Waals surface area (Å²) in [6.45, 7) is 1.85. The smallest absolute Gasteiger partial charge is 0.273 e. The van der Waals surface area contributed by atoms with Crippen LogP contribution in [0.25, 0.3) is 28.2 Å². The Labute approximate surface area is 178 Å². The number of nitrogens with one attached hydrogen (secondary N) is 1. The molecule has 3 heterocycles. The van der Waals surface area contributed by atoms with Crippen molar-refractivity contribution < 1.29 is 4.79 Å². The van der Waals surface area contributed by atoms with Gasteiger partial charge >= 0.3 is 0 Å².